The Labute approximate surface area is 95.9 Å². The van der Waals surface area contributed by atoms with Gasteiger partial charge in [-0.2, -0.15) is 0 Å². The second kappa shape index (κ2) is 6.01. The van der Waals surface area contributed by atoms with E-state index in [1.807, 2.05) is 0 Å². The lowest BCUT2D eigenvalue weighted by Crippen LogP contribution is -2.21. The standard InChI is InChI=1S/C12H20O4/c1-8-10(7-16-12(8)15)5-3-4-6-11(14)9(2)13/h9,11,13-14H,3-7H2,1-2H3/t9-,11-/m1/s1. The molecule has 0 radical (unpaired) electrons. The minimum atomic E-state index is -0.669. The summed E-state index contributed by atoms with van der Waals surface area (Å²) in [5, 5.41) is 18.5. The fraction of sp³-hybridized carbons (Fsp3) is 0.750. The second-order valence-corrected chi connectivity index (χ2v) is 4.36. The van der Waals surface area contributed by atoms with Gasteiger partial charge in [-0.25, -0.2) is 4.79 Å². The van der Waals surface area contributed by atoms with Crippen LogP contribution in [0.15, 0.2) is 11.1 Å². The molecule has 1 aliphatic rings. The molecule has 0 saturated heterocycles. The molecule has 4 heteroatoms. The van der Waals surface area contributed by atoms with Crippen molar-refractivity contribution in [3.05, 3.63) is 11.1 Å². The van der Waals surface area contributed by atoms with Crippen LogP contribution in [0.25, 0.3) is 0 Å². The predicted octanol–water partition coefficient (Wildman–Crippen LogP) is 1.16. The maximum Gasteiger partial charge on any atom is 0.334 e. The highest BCUT2D eigenvalue weighted by Crippen LogP contribution is 2.21. The lowest BCUT2D eigenvalue weighted by atomic mass is 10.0. The highest BCUT2D eigenvalue weighted by molar-refractivity contribution is 5.90. The van der Waals surface area contributed by atoms with Crippen molar-refractivity contribution >= 4 is 5.97 Å². The summed E-state index contributed by atoms with van der Waals surface area (Å²) < 4.78 is 4.89. The Kier molecular flexibility index (Phi) is 4.96. The van der Waals surface area contributed by atoms with E-state index in [9.17, 15) is 9.90 Å². The number of aliphatic hydroxyl groups is 2. The maximum atomic E-state index is 11.1. The Hall–Kier alpha value is -0.870. The number of ether oxygens (including phenoxy) is 1. The monoisotopic (exact) mass is 228 g/mol. The van der Waals surface area contributed by atoms with Crippen LogP contribution >= 0.6 is 0 Å². The molecule has 2 N–H and O–H groups in total. The molecule has 0 spiro atoms. The molecule has 2 atom stereocenters. The summed E-state index contributed by atoms with van der Waals surface area (Å²) in [5.74, 6) is -0.209. The third-order valence-electron chi connectivity index (χ3n) is 3.00. The van der Waals surface area contributed by atoms with Gasteiger partial charge in [0.05, 0.1) is 12.2 Å². The zero-order valence-corrected chi connectivity index (χ0v) is 9.90. The lowest BCUT2D eigenvalue weighted by Gasteiger charge is -2.12. The summed E-state index contributed by atoms with van der Waals surface area (Å²) in [6.45, 7) is 3.79. The fourth-order valence-corrected chi connectivity index (χ4v) is 1.71. The molecule has 1 heterocycles. The predicted molar refractivity (Wildman–Crippen MR) is 59.8 cm³/mol. The molecular weight excluding hydrogens is 208 g/mol. The average molecular weight is 228 g/mol. The van der Waals surface area contributed by atoms with Crippen molar-refractivity contribution in [2.75, 3.05) is 6.61 Å². The quantitative estimate of drug-likeness (QED) is 0.529. The minimum absolute atomic E-state index is 0.209. The number of carbonyl (C=O) groups is 1. The summed E-state index contributed by atoms with van der Waals surface area (Å²) in [5.41, 5.74) is 1.80. The molecule has 92 valence electrons. The van der Waals surface area contributed by atoms with E-state index in [4.69, 9.17) is 9.84 Å². The van der Waals surface area contributed by atoms with E-state index in [0.29, 0.717) is 13.0 Å². The minimum Gasteiger partial charge on any atom is -0.458 e. The van der Waals surface area contributed by atoms with Gasteiger partial charge >= 0.3 is 5.97 Å². The van der Waals surface area contributed by atoms with Gasteiger partial charge in [0.25, 0.3) is 0 Å². The number of aliphatic hydroxyl groups excluding tert-OH is 2. The molecule has 0 bridgehead atoms. The molecule has 0 fully saturated rings. The molecule has 0 amide bonds. The maximum absolute atomic E-state index is 11.1. The lowest BCUT2D eigenvalue weighted by molar-refractivity contribution is -0.135. The van der Waals surface area contributed by atoms with Gasteiger partial charge in [-0.15, -0.1) is 0 Å². The summed E-state index contributed by atoms with van der Waals surface area (Å²) in [6.07, 6.45) is 1.88. The van der Waals surface area contributed by atoms with Gasteiger partial charge in [-0.05, 0) is 38.7 Å². The number of unbranched alkanes of at least 4 members (excludes halogenated alkanes) is 1. The molecule has 0 aromatic rings. The van der Waals surface area contributed by atoms with Crippen molar-refractivity contribution in [3.63, 3.8) is 0 Å². The summed E-state index contributed by atoms with van der Waals surface area (Å²) in [4.78, 5) is 11.1. The van der Waals surface area contributed by atoms with E-state index in [1.165, 1.54) is 0 Å². The Balaban J connectivity index is 2.19. The van der Waals surface area contributed by atoms with Crippen LogP contribution in [0.1, 0.15) is 39.5 Å². The van der Waals surface area contributed by atoms with Crippen LogP contribution in [-0.4, -0.2) is 35.0 Å². The number of hydrogen-bond donors (Lipinski definition) is 2. The van der Waals surface area contributed by atoms with Gasteiger partial charge in [0.1, 0.15) is 6.61 Å². The van der Waals surface area contributed by atoms with Gasteiger partial charge in [0, 0.05) is 5.57 Å². The molecule has 0 aliphatic carbocycles. The van der Waals surface area contributed by atoms with E-state index in [-0.39, 0.29) is 5.97 Å². The van der Waals surface area contributed by atoms with Gasteiger partial charge in [-0.1, -0.05) is 6.42 Å². The SMILES string of the molecule is CC1=C(CCCC[C@@H](O)[C@@H](C)O)COC1=O. The average Bonchev–Trinajstić information content (AvgIpc) is 2.55. The largest absolute Gasteiger partial charge is 0.458 e. The van der Waals surface area contributed by atoms with Crippen molar-refractivity contribution in [2.45, 2.75) is 51.7 Å². The first-order valence-corrected chi connectivity index (χ1v) is 5.74. The van der Waals surface area contributed by atoms with Gasteiger partial charge in [-0.3, -0.25) is 0 Å². The molecule has 16 heavy (non-hydrogen) atoms. The smallest absolute Gasteiger partial charge is 0.334 e. The van der Waals surface area contributed by atoms with E-state index < -0.39 is 12.2 Å². The van der Waals surface area contributed by atoms with Gasteiger partial charge in [0.15, 0.2) is 0 Å². The molecular formula is C12H20O4. The van der Waals surface area contributed by atoms with Crippen LogP contribution in [0.4, 0.5) is 0 Å². The van der Waals surface area contributed by atoms with Crippen molar-refractivity contribution < 1.29 is 19.7 Å². The van der Waals surface area contributed by atoms with E-state index >= 15 is 0 Å². The van der Waals surface area contributed by atoms with Crippen LogP contribution in [-0.2, 0) is 9.53 Å². The highest BCUT2D eigenvalue weighted by atomic mass is 16.5. The third-order valence-corrected chi connectivity index (χ3v) is 3.00. The van der Waals surface area contributed by atoms with Crippen LogP contribution in [0.2, 0.25) is 0 Å². The normalized spacial score (nSPS) is 19.9. The molecule has 1 aliphatic heterocycles. The van der Waals surface area contributed by atoms with Crippen LogP contribution in [0.3, 0.4) is 0 Å². The van der Waals surface area contributed by atoms with Gasteiger partial charge < -0.3 is 14.9 Å². The van der Waals surface area contributed by atoms with Crippen LogP contribution < -0.4 is 0 Å². The number of hydrogen-bond acceptors (Lipinski definition) is 4. The number of cyclic esters (lactones) is 1. The van der Waals surface area contributed by atoms with Crippen molar-refractivity contribution in [3.8, 4) is 0 Å². The van der Waals surface area contributed by atoms with Crippen molar-refractivity contribution in [2.24, 2.45) is 0 Å². The molecule has 1 rings (SSSR count). The van der Waals surface area contributed by atoms with Crippen molar-refractivity contribution in [1.82, 2.24) is 0 Å². The first-order chi connectivity index (χ1) is 7.52. The molecule has 4 nitrogen and oxygen atoms in total. The van der Waals surface area contributed by atoms with E-state index in [1.54, 1.807) is 13.8 Å². The fourth-order valence-electron chi connectivity index (χ4n) is 1.71. The van der Waals surface area contributed by atoms with E-state index in [0.717, 1.165) is 30.4 Å². The Bertz CT molecular complexity index is 281. The zero-order chi connectivity index (χ0) is 12.1. The summed E-state index contributed by atoms with van der Waals surface area (Å²) >= 11 is 0. The molecule has 0 unspecified atom stereocenters. The van der Waals surface area contributed by atoms with Gasteiger partial charge in [0.2, 0.25) is 0 Å². The summed E-state index contributed by atoms with van der Waals surface area (Å²) in [7, 11) is 0. The molecule has 0 saturated carbocycles. The molecule has 0 aromatic carbocycles. The Morgan fingerprint density at radius 2 is 2.06 bits per heavy atom. The molecule has 0 aromatic heterocycles. The number of carbonyl (C=O) groups excluding carboxylic acids is 1. The van der Waals surface area contributed by atoms with Crippen molar-refractivity contribution in [1.29, 1.82) is 0 Å². The van der Waals surface area contributed by atoms with Crippen LogP contribution in [0.5, 0.6) is 0 Å². The highest BCUT2D eigenvalue weighted by Gasteiger charge is 2.20. The first-order valence-electron chi connectivity index (χ1n) is 5.74. The number of esters is 1. The Morgan fingerprint density at radius 3 is 2.56 bits per heavy atom. The topological polar surface area (TPSA) is 66.8 Å². The zero-order valence-electron chi connectivity index (χ0n) is 9.90. The third kappa shape index (κ3) is 3.61. The number of rotatable bonds is 6. The van der Waals surface area contributed by atoms with E-state index in [2.05, 4.69) is 0 Å². The second-order valence-electron chi connectivity index (χ2n) is 4.36. The van der Waals surface area contributed by atoms with Crippen LogP contribution in [0, 0.1) is 0 Å². The summed E-state index contributed by atoms with van der Waals surface area (Å²) in [6, 6.07) is 0. The Morgan fingerprint density at radius 1 is 1.38 bits per heavy atom. The first kappa shape index (κ1) is 13.2.